The first kappa shape index (κ1) is 14.7. The average Bonchev–Trinajstić information content (AvgIpc) is 3.14. The maximum absolute atomic E-state index is 12.7. The molecule has 122 valence electrons. The van der Waals surface area contributed by atoms with Gasteiger partial charge in [-0.15, -0.1) is 0 Å². The van der Waals surface area contributed by atoms with E-state index in [1.165, 1.54) is 6.42 Å². The molecule has 2 aliphatic rings. The monoisotopic (exact) mass is 312 g/mol. The molecule has 0 saturated carbocycles. The second-order valence-corrected chi connectivity index (χ2v) is 7.04. The van der Waals surface area contributed by atoms with Crippen molar-refractivity contribution in [2.45, 2.75) is 32.7 Å². The number of aromatic nitrogens is 2. The second kappa shape index (κ2) is 5.64. The Morgan fingerprint density at radius 2 is 2.04 bits per heavy atom. The van der Waals surface area contributed by atoms with Crippen LogP contribution in [0.3, 0.4) is 0 Å². The van der Waals surface area contributed by atoms with E-state index in [4.69, 9.17) is 0 Å². The molecule has 0 aliphatic carbocycles. The number of hydrogen-bond donors (Lipinski definition) is 1. The largest absolute Gasteiger partial charge is 0.341 e. The van der Waals surface area contributed by atoms with Crippen LogP contribution in [0.4, 0.5) is 0 Å². The van der Waals surface area contributed by atoms with Crippen molar-refractivity contribution in [2.24, 2.45) is 5.41 Å². The van der Waals surface area contributed by atoms with E-state index in [2.05, 4.69) is 10.3 Å². The fourth-order valence-corrected chi connectivity index (χ4v) is 4.08. The van der Waals surface area contributed by atoms with Gasteiger partial charge in [-0.1, -0.05) is 12.1 Å². The summed E-state index contributed by atoms with van der Waals surface area (Å²) in [5, 5.41) is 3.47. The Morgan fingerprint density at radius 1 is 1.26 bits per heavy atom. The zero-order valence-electron chi connectivity index (χ0n) is 13.7. The summed E-state index contributed by atoms with van der Waals surface area (Å²) in [4.78, 5) is 19.3. The van der Waals surface area contributed by atoms with Gasteiger partial charge < -0.3 is 14.8 Å². The molecule has 2 aromatic rings. The predicted molar refractivity (Wildman–Crippen MR) is 90.2 cm³/mol. The van der Waals surface area contributed by atoms with Crippen LogP contribution in [0.1, 0.15) is 25.1 Å². The van der Waals surface area contributed by atoms with Crippen molar-refractivity contribution in [3.63, 3.8) is 0 Å². The van der Waals surface area contributed by atoms with Crippen molar-refractivity contribution >= 4 is 16.9 Å². The molecule has 0 unspecified atom stereocenters. The minimum absolute atomic E-state index is 0.219. The number of carbonyl (C=O) groups is 1. The number of aryl methyl sites for hydroxylation is 1. The number of imidazole rings is 1. The van der Waals surface area contributed by atoms with Crippen LogP contribution in [0.25, 0.3) is 11.0 Å². The zero-order chi connectivity index (χ0) is 15.9. The molecule has 5 nitrogen and oxygen atoms in total. The van der Waals surface area contributed by atoms with Crippen LogP contribution in [0.2, 0.25) is 0 Å². The van der Waals surface area contributed by atoms with Crippen LogP contribution in [0.5, 0.6) is 0 Å². The van der Waals surface area contributed by atoms with Crippen LogP contribution in [-0.2, 0) is 11.3 Å². The molecule has 2 aliphatic heterocycles. The lowest BCUT2D eigenvalue weighted by molar-refractivity contribution is -0.134. The summed E-state index contributed by atoms with van der Waals surface area (Å²) >= 11 is 0. The van der Waals surface area contributed by atoms with Crippen LogP contribution in [0.15, 0.2) is 24.3 Å². The van der Waals surface area contributed by atoms with Crippen LogP contribution < -0.4 is 5.32 Å². The van der Waals surface area contributed by atoms with Crippen LogP contribution >= 0.6 is 0 Å². The SMILES string of the molecule is Cc1nc2ccccc2n1CC(=O)N1CCC2(CCNC2)CC1. The summed E-state index contributed by atoms with van der Waals surface area (Å²) in [7, 11) is 0. The van der Waals surface area contributed by atoms with Crippen molar-refractivity contribution in [2.75, 3.05) is 26.2 Å². The van der Waals surface area contributed by atoms with E-state index in [9.17, 15) is 4.79 Å². The van der Waals surface area contributed by atoms with Crippen LogP contribution in [-0.4, -0.2) is 46.5 Å². The topological polar surface area (TPSA) is 50.2 Å². The molecular weight excluding hydrogens is 288 g/mol. The summed E-state index contributed by atoms with van der Waals surface area (Å²) in [5.41, 5.74) is 2.47. The second-order valence-electron chi connectivity index (χ2n) is 7.04. The van der Waals surface area contributed by atoms with Gasteiger partial charge in [0.05, 0.1) is 11.0 Å². The van der Waals surface area contributed by atoms with E-state index in [1.807, 2.05) is 40.7 Å². The number of para-hydroxylation sites is 2. The molecule has 2 fully saturated rings. The van der Waals surface area contributed by atoms with Crippen molar-refractivity contribution < 1.29 is 4.79 Å². The molecule has 5 heteroatoms. The van der Waals surface area contributed by atoms with Gasteiger partial charge in [-0.3, -0.25) is 4.79 Å². The number of fused-ring (bicyclic) bond motifs is 1. The number of hydrogen-bond acceptors (Lipinski definition) is 3. The quantitative estimate of drug-likeness (QED) is 0.922. The molecule has 1 aromatic carbocycles. The fourth-order valence-electron chi connectivity index (χ4n) is 4.08. The van der Waals surface area contributed by atoms with Crippen molar-refractivity contribution in [1.82, 2.24) is 19.8 Å². The van der Waals surface area contributed by atoms with Crippen molar-refractivity contribution in [1.29, 1.82) is 0 Å². The number of likely N-dealkylation sites (tertiary alicyclic amines) is 1. The molecule has 1 amide bonds. The lowest BCUT2D eigenvalue weighted by Crippen LogP contribution is -2.45. The fraction of sp³-hybridized carbons (Fsp3) is 0.556. The Morgan fingerprint density at radius 3 is 2.78 bits per heavy atom. The number of nitrogens with zero attached hydrogens (tertiary/aromatic N) is 3. The van der Waals surface area contributed by atoms with E-state index in [0.717, 1.165) is 55.9 Å². The highest BCUT2D eigenvalue weighted by molar-refractivity contribution is 5.81. The van der Waals surface area contributed by atoms with Gasteiger partial charge in [0.15, 0.2) is 0 Å². The summed E-state index contributed by atoms with van der Waals surface area (Å²) in [5.74, 6) is 1.13. The van der Waals surface area contributed by atoms with Gasteiger partial charge in [-0.25, -0.2) is 4.98 Å². The number of amides is 1. The lowest BCUT2D eigenvalue weighted by Gasteiger charge is -2.39. The molecular formula is C18H24N4O. The Labute approximate surface area is 136 Å². The van der Waals surface area contributed by atoms with E-state index in [-0.39, 0.29) is 5.91 Å². The number of carbonyl (C=O) groups excluding carboxylic acids is 1. The molecule has 2 saturated heterocycles. The van der Waals surface area contributed by atoms with Gasteiger partial charge >= 0.3 is 0 Å². The third-order valence-electron chi connectivity index (χ3n) is 5.65. The van der Waals surface area contributed by atoms with Gasteiger partial charge in [-0.05, 0) is 50.3 Å². The smallest absolute Gasteiger partial charge is 0.242 e. The molecule has 0 bridgehead atoms. The molecule has 1 aromatic heterocycles. The minimum Gasteiger partial charge on any atom is -0.341 e. The van der Waals surface area contributed by atoms with Gasteiger partial charge in [0.25, 0.3) is 0 Å². The lowest BCUT2D eigenvalue weighted by atomic mass is 9.78. The first-order valence-corrected chi connectivity index (χ1v) is 8.57. The van der Waals surface area contributed by atoms with Gasteiger partial charge in [0.1, 0.15) is 12.4 Å². The van der Waals surface area contributed by atoms with Crippen molar-refractivity contribution in [3.8, 4) is 0 Å². The van der Waals surface area contributed by atoms with Gasteiger partial charge in [-0.2, -0.15) is 0 Å². The summed E-state index contributed by atoms with van der Waals surface area (Å²) < 4.78 is 2.04. The minimum atomic E-state index is 0.219. The van der Waals surface area contributed by atoms with E-state index < -0.39 is 0 Å². The Kier molecular flexibility index (Phi) is 3.60. The standard InChI is InChI=1S/C18H24N4O/c1-14-20-15-4-2-3-5-16(15)22(14)12-17(23)21-10-7-18(8-11-21)6-9-19-13-18/h2-5,19H,6-13H2,1H3. The first-order chi connectivity index (χ1) is 11.2. The molecule has 23 heavy (non-hydrogen) atoms. The molecule has 4 rings (SSSR count). The highest BCUT2D eigenvalue weighted by Gasteiger charge is 2.38. The third-order valence-corrected chi connectivity index (χ3v) is 5.65. The van der Waals surface area contributed by atoms with E-state index in [0.29, 0.717) is 12.0 Å². The third kappa shape index (κ3) is 2.63. The highest BCUT2D eigenvalue weighted by atomic mass is 16.2. The molecule has 1 spiro atoms. The molecule has 0 radical (unpaired) electrons. The van der Waals surface area contributed by atoms with Crippen LogP contribution in [0, 0.1) is 12.3 Å². The zero-order valence-corrected chi connectivity index (χ0v) is 13.7. The summed E-state index contributed by atoms with van der Waals surface area (Å²) in [6.45, 7) is 6.42. The van der Waals surface area contributed by atoms with E-state index in [1.54, 1.807) is 0 Å². The van der Waals surface area contributed by atoms with Gasteiger partial charge in [0.2, 0.25) is 5.91 Å². The Balaban J connectivity index is 1.46. The maximum Gasteiger partial charge on any atom is 0.242 e. The number of rotatable bonds is 2. The maximum atomic E-state index is 12.7. The van der Waals surface area contributed by atoms with E-state index >= 15 is 0 Å². The number of benzene rings is 1. The number of piperidine rings is 1. The number of nitrogens with one attached hydrogen (secondary N) is 1. The van der Waals surface area contributed by atoms with Crippen molar-refractivity contribution in [3.05, 3.63) is 30.1 Å². The Hall–Kier alpha value is -1.88. The Bertz CT molecular complexity index is 720. The molecule has 0 atom stereocenters. The molecule has 1 N–H and O–H groups in total. The predicted octanol–water partition coefficient (Wildman–Crippen LogP) is 1.95. The highest BCUT2D eigenvalue weighted by Crippen LogP contribution is 2.36. The summed E-state index contributed by atoms with van der Waals surface area (Å²) in [6, 6.07) is 8.03. The normalized spacial score (nSPS) is 20.5. The average molecular weight is 312 g/mol. The first-order valence-electron chi connectivity index (χ1n) is 8.57. The van der Waals surface area contributed by atoms with Gasteiger partial charge in [0, 0.05) is 19.6 Å². The molecule has 3 heterocycles. The summed E-state index contributed by atoms with van der Waals surface area (Å²) in [6.07, 6.45) is 3.53.